The predicted molar refractivity (Wildman–Crippen MR) is 116 cm³/mol. The maximum absolute atomic E-state index is 13.0. The number of carbonyl (C=O) groups excluding carboxylic acids is 1. The molecule has 7 nitrogen and oxygen atoms in total. The third kappa shape index (κ3) is 4.31. The molecular weight excluding hydrogens is 382 g/mol. The van der Waals surface area contributed by atoms with Crippen LogP contribution >= 0.6 is 0 Å². The lowest BCUT2D eigenvalue weighted by atomic mass is 10.1. The Morgan fingerprint density at radius 3 is 2.80 bits per heavy atom. The predicted octanol–water partition coefficient (Wildman–Crippen LogP) is 3.90. The second-order valence-electron chi connectivity index (χ2n) is 7.11. The van der Waals surface area contributed by atoms with Crippen LogP contribution in [-0.2, 0) is 4.74 Å². The van der Waals surface area contributed by atoms with E-state index in [-0.39, 0.29) is 12.0 Å². The van der Waals surface area contributed by atoms with Crippen LogP contribution in [0.2, 0.25) is 0 Å². The van der Waals surface area contributed by atoms with E-state index >= 15 is 0 Å². The number of benzene rings is 2. The van der Waals surface area contributed by atoms with Crippen LogP contribution in [0.15, 0.2) is 48.5 Å². The fraction of sp³-hybridized carbons (Fsp3) is 0.304. The Bertz CT molecular complexity index is 1050. The van der Waals surface area contributed by atoms with Crippen LogP contribution in [0.3, 0.4) is 0 Å². The van der Waals surface area contributed by atoms with Crippen molar-refractivity contribution < 1.29 is 19.0 Å². The average molecular weight is 407 g/mol. The van der Waals surface area contributed by atoms with Crippen LogP contribution in [0.4, 0.5) is 11.5 Å². The summed E-state index contributed by atoms with van der Waals surface area (Å²) < 4.78 is 16.4. The van der Waals surface area contributed by atoms with Gasteiger partial charge in [-0.3, -0.25) is 4.79 Å². The molecule has 4 rings (SSSR count). The summed E-state index contributed by atoms with van der Waals surface area (Å²) >= 11 is 0. The number of carbonyl (C=O) groups is 1. The number of fused-ring (bicyclic) bond motifs is 1. The van der Waals surface area contributed by atoms with Gasteiger partial charge in [0.25, 0.3) is 5.91 Å². The van der Waals surface area contributed by atoms with Gasteiger partial charge in [0.05, 0.1) is 37.1 Å². The molecular formula is C23H25N3O4. The van der Waals surface area contributed by atoms with E-state index in [1.54, 1.807) is 20.3 Å². The summed E-state index contributed by atoms with van der Waals surface area (Å²) in [5.41, 5.74) is 1.99. The highest BCUT2D eigenvalue weighted by atomic mass is 16.5. The standard InChI is InChI=1S/C23H25N3O4/c1-28-15-9-10-21(29-2)20(12-15)26-22-13-18(17-7-3-4-8-19(17)25-22)23(27)24-14-16-6-5-11-30-16/h3-4,7-10,12-13,16H,5-6,11,14H2,1-2H3,(H,24,27)(H,25,26). The number of anilines is 2. The average Bonchev–Trinajstić information content (AvgIpc) is 3.30. The van der Waals surface area contributed by atoms with Crippen molar-refractivity contribution in [2.24, 2.45) is 0 Å². The van der Waals surface area contributed by atoms with Crippen molar-refractivity contribution in [3.63, 3.8) is 0 Å². The molecule has 0 spiro atoms. The Hall–Kier alpha value is -3.32. The molecule has 7 heteroatoms. The number of nitrogens with zero attached hydrogens (tertiary/aromatic N) is 1. The molecule has 1 amide bonds. The number of hydrogen-bond donors (Lipinski definition) is 2. The molecule has 0 bridgehead atoms. The van der Waals surface area contributed by atoms with E-state index < -0.39 is 0 Å². The highest BCUT2D eigenvalue weighted by Gasteiger charge is 2.19. The number of aromatic nitrogens is 1. The van der Waals surface area contributed by atoms with Gasteiger partial charge >= 0.3 is 0 Å². The Kier molecular flexibility index (Phi) is 5.99. The van der Waals surface area contributed by atoms with Crippen LogP contribution < -0.4 is 20.1 Å². The lowest BCUT2D eigenvalue weighted by Crippen LogP contribution is -2.32. The molecule has 0 aliphatic carbocycles. The van der Waals surface area contributed by atoms with Crippen molar-refractivity contribution in [2.75, 3.05) is 32.7 Å². The van der Waals surface area contributed by atoms with E-state index in [1.807, 2.05) is 42.5 Å². The highest BCUT2D eigenvalue weighted by Crippen LogP contribution is 2.32. The van der Waals surface area contributed by atoms with Crippen LogP contribution in [0.1, 0.15) is 23.2 Å². The molecule has 1 fully saturated rings. The van der Waals surface area contributed by atoms with Gasteiger partial charge in [-0.05, 0) is 37.1 Å². The smallest absolute Gasteiger partial charge is 0.252 e. The molecule has 30 heavy (non-hydrogen) atoms. The lowest BCUT2D eigenvalue weighted by molar-refractivity contribution is 0.0859. The SMILES string of the molecule is COc1ccc(OC)c(Nc2cc(C(=O)NCC3CCCO3)c3ccccc3n2)c1. The number of ether oxygens (including phenoxy) is 3. The first-order valence-corrected chi connectivity index (χ1v) is 9.96. The fourth-order valence-corrected chi connectivity index (χ4v) is 3.58. The number of para-hydroxylation sites is 1. The van der Waals surface area contributed by atoms with E-state index in [0.717, 1.165) is 30.4 Å². The normalized spacial score (nSPS) is 15.7. The second kappa shape index (κ2) is 9.00. The van der Waals surface area contributed by atoms with Gasteiger partial charge < -0.3 is 24.8 Å². The van der Waals surface area contributed by atoms with Crippen molar-refractivity contribution in [3.8, 4) is 11.5 Å². The number of hydrogen-bond acceptors (Lipinski definition) is 6. The molecule has 0 radical (unpaired) electrons. The third-order valence-corrected chi connectivity index (χ3v) is 5.14. The number of methoxy groups -OCH3 is 2. The molecule has 1 unspecified atom stereocenters. The molecule has 1 aliphatic heterocycles. The summed E-state index contributed by atoms with van der Waals surface area (Å²) in [5, 5.41) is 7.06. The molecule has 2 aromatic carbocycles. The molecule has 1 saturated heterocycles. The minimum atomic E-state index is -0.148. The first-order chi connectivity index (χ1) is 14.7. The van der Waals surface area contributed by atoms with Gasteiger partial charge in [0.15, 0.2) is 0 Å². The van der Waals surface area contributed by atoms with E-state index in [1.165, 1.54) is 0 Å². The summed E-state index contributed by atoms with van der Waals surface area (Å²) in [4.78, 5) is 17.6. The number of rotatable bonds is 7. The topological polar surface area (TPSA) is 81.7 Å². The maximum atomic E-state index is 13.0. The second-order valence-corrected chi connectivity index (χ2v) is 7.11. The number of amides is 1. The molecule has 2 heterocycles. The fourth-order valence-electron chi connectivity index (χ4n) is 3.58. The monoisotopic (exact) mass is 407 g/mol. The van der Waals surface area contributed by atoms with Crippen molar-refractivity contribution in [1.29, 1.82) is 0 Å². The van der Waals surface area contributed by atoms with E-state index in [4.69, 9.17) is 14.2 Å². The minimum absolute atomic E-state index is 0.0840. The summed E-state index contributed by atoms with van der Waals surface area (Å²) in [6, 6.07) is 14.8. The van der Waals surface area contributed by atoms with Crippen molar-refractivity contribution in [3.05, 3.63) is 54.1 Å². The molecule has 0 saturated carbocycles. The van der Waals surface area contributed by atoms with Crippen LogP contribution in [0, 0.1) is 0 Å². The number of nitrogens with one attached hydrogen (secondary N) is 2. The molecule has 156 valence electrons. The summed E-state index contributed by atoms with van der Waals surface area (Å²) in [5.74, 6) is 1.73. The van der Waals surface area contributed by atoms with Gasteiger partial charge in [-0.25, -0.2) is 4.98 Å². The molecule has 2 N–H and O–H groups in total. The van der Waals surface area contributed by atoms with E-state index in [9.17, 15) is 4.79 Å². The largest absolute Gasteiger partial charge is 0.497 e. The van der Waals surface area contributed by atoms with Gasteiger partial charge in [-0.15, -0.1) is 0 Å². The minimum Gasteiger partial charge on any atom is -0.497 e. The van der Waals surface area contributed by atoms with Crippen LogP contribution in [0.5, 0.6) is 11.5 Å². The number of pyridine rings is 1. The molecule has 1 atom stereocenters. The van der Waals surface area contributed by atoms with Crippen molar-refractivity contribution in [2.45, 2.75) is 18.9 Å². The summed E-state index contributed by atoms with van der Waals surface area (Å²) in [7, 11) is 3.21. The van der Waals surface area contributed by atoms with Gasteiger partial charge in [0.2, 0.25) is 0 Å². The Labute approximate surface area is 175 Å². The Morgan fingerprint density at radius 1 is 1.17 bits per heavy atom. The molecule has 1 aromatic heterocycles. The van der Waals surface area contributed by atoms with E-state index in [2.05, 4.69) is 15.6 Å². The van der Waals surface area contributed by atoms with E-state index in [0.29, 0.717) is 35.1 Å². The molecule has 3 aromatic rings. The maximum Gasteiger partial charge on any atom is 0.252 e. The Morgan fingerprint density at radius 2 is 2.03 bits per heavy atom. The molecule has 1 aliphatic rings. The van der Waals surface area contributed by atoms with Crippen molar-refractivity contribution in [1.82, 2.24) is 10.3 Å². The lowest BCUT2D eigenvalue weighted by Gasteiger charge is -2.15. The summed E-state index contributed by atoms with van der Waals surface area (Å²) in [6.45, 7) is 1.26. The van der Waals surface area contributed by atoms with Gasteiger partial charge in [-0.2, -0.15) is 0 Å². The van der Waals surface area contributed by atoms with Gasteiger partial charge in [-0.1, -0.05) is 18.2 Å². The third-order valence-electron chi connectivity index (χ3n) is 5.14. The zero-order valence-corrected chi connectivity index (χ0v) is 17.1. The highest BCUT2D eigenvalue weighted by molar-refractivity contribution is 6.07. The van der Waals surface area contributed by atoms with Gasteiger partial charge in [0.1, 0.15) is 17.3 Å². The van der Waals surface area contributed by atoms with Gasteiger partial charge in [0, 0.05) is 24.6 Å². The van der Waals surface area contributed by atoms with Crippen LogP contribution in [0.25, 0.3) is 10.9 Å². The first-order valence-electron chi connectivity index (χ1n) is 9.96. The zero-order chi connectivity index (χ0) is 20.9. The van der Waals surface area contributed by atoms with Crippen LogP contribution in [-0.4, -0.2) is 44.4 Å². The first kappa shape index (κ1) is 20.0. The zero-order valence-electron chi connectivity index (χ0n) is 17.1. The quantitative estimate of drug-likeness (QED) is 0.618. The van der Waals surface area contributed by atoms with Crippen molar-refractivity contribution >= 4 is 28.3 Å². The summed E-state index contributed by atoms with van der Waals surface area (Å²) in [6.07, 6.45) is 2.09. The Balaban J connectivity index is 1.65.